The van der Waals surface area contributed by atoms with Gasteiger partial charge in [-0.25, -0.2) is 13.1 Å². The molecule has 1 aliphatic rings. The zero-order valence-corrected chi connectivity index (χ0v) is 8.58. The van der Waals surface area contributed by atoms with Gasteiger partial charge in [0, 0.05) is 32.5 Å². The molecule has 14 heavy (non-hydrogen) atoms. The third-order valence-corrected chi connectivity index (χ3v) is 3.68. The molecule has 0 aromatic carbocycles. The Labute approximate surface area is 82.8 Å². The summed E-state index contributed by atoms with van der Waals surface area (Å²) in [6.45, 7) is 1.09. The average molecular weight is 213 g/mol. The normalized spacial score (nSPS) is 19.9. The van der Waals surface area contributed by atoms with Crippen LogP contribution >= 0.6 is 0 Å². The van der Waals surface area contributed by atoms with E-state index in [1.54, 1.807) is 12.3 Å². The molecule has 5 nitrogen and oxygen atoms in total. The number of aromatic nitrogens is 1. The van der Waals surface area contributed by atoms with Crippen LogP contribution in [-0.2, 0) is 10.0 Å². The van der Waals surface area contributed by atoms with Gasteiger partial charge in [0.25, 0.3) is 0 Å². The summed E-state index contributed by atoms with van der Waals surface area (Å²) in [5.41, 5.74) is 0.699. The van der Waals surface area contributed by atoms with Crippen molar-refractivity contribution in [3.8, 4) is 0 Å². The highest BCUT2D eigenvalue weighted by Gasteiger charge is 2.23. The number of rotatable bonds is 0. The van der Waals surface area contributed by atoms with Crippen LogP contribution in [0.2, 0.25) is 0 Å². The van der Waals surface area contributed by atoms with E-state index in [2.05, 4.69) is 9.71 Å². The lowest BCUT2D eigenvalue weighted by Crippen LogP contribution is -2.27. The molecule has 1 N–H and O–H groups in total. The Morgan fingerprint density at radius 3 is 3.14 bits per heavy atom. The molecule has 1 aliphatic heterocycles. The fourth-order valence-electron chi connectivity index (χ4n) is 1.44. The second kappa shape index (κ2) is 3.21. The largest absolute Gasteiger partial charge is 0.372 e. The van der Waals surface area contributed by atoms with Gasteiger partial charge in [0.1, 0.15) is 4.90 Å². The number of hydrogen-bond acceptors (Lipinski definition) is 4. The summed E-state index contributed by atoms with van der Waals surface area (Å²) < 4.78 is 25.8. The first kappa shape index (κ1) is 9.42. The third kappa shape index (κ3) is 1.46. The summed E-state index contributed by atoms with van der Waals surface area (Å²) in [6.07, 6.45) is 2.97. The van der Waals surface area contributed by atoms with Crippen LogP contribution in [0, 0.1) is 0 Å². The van der Waals surface area contributed by atoms with Crippen molar-refractivity contribution in [1.29, 1.82) is 0 Å². The van der Waals surface area contributed by atoms with Crippen LogP contribution < -0.4 is 9.62 Å². The van der Waals surface area contributed by atoms with Crippen molar-refractivity contribution in [3.05, 3.63) is 18.5 Å². The molecule has 2 rings (SSSR count). The molecule has 0 radical (unpaired) electrons. The summed E-state index contributed by atoms with van der Waals surface area (Å²) in [5.74, 6) is 0. The number of likely N-dealkylation sites (N-methyl/N-ethyl adjacent to an activating group) is 1. The van der Waals surface area contributed by atoms with E-state index >= 15 is 0 Å². The Kier molecular flexibility index (Phi) is 2.16. The Bertz CT molecular complexity index is 444. The lowest BCUT2D eigenvalue weighted by molar-refractivity contribution is 0.584. The van der Waals surface area contributed by atoms with Crippen molar-refractivity contribution in [2.75, 3.05) is 25.0 Å². The monoisotopic (exact) mass is 213 g/mol. The number of nitrogens with one attached hydrogen (secondary N) is 1. The maximum Gasteiger partial charge on any atom is 0.244 e. The van der Waals surface area contributed by atoms with E-state index in [1.165, 1.54) is 6.20 Å². The van der Waals surface area contributed by atoms with Crippen molar-refractivity contribution in [3.63, 3.8) is 0 Å². The lowest BCUT2D eigenvalue weighted by Gasteiger charge is -2.16. The van der Waals surface area contributed by atoms with Crippen LogP contribution in [0.1, 0.15) is 0 Å². The van der Waals surface area contributed by atoms with Crippen LogP contribution in [-0.4, -0.2) is 33.5 Å². The molecule has 1 aromatic rings. The summed E-state index contributed by atoms with van der Waals surface area (Å²) in [5, 5.41) is 0. The Morgan fingerprint density at radius 1 is 1.57 bits per heavy atom. The lowest BCUT2D eigenvalue weighted by atomic mass is 10.3. The molecule has 0 bridgehead atoms. The minimum absolute atomic E-state index is 0.250. The molecule has 0 fully saturated rings. The maximum absolute atomic E-state index is 11.7. The van der Waals surface area contributed by atoms with E-state index in [9.17, 15) is 8.42 Å². The second-order valence-electron chi connectivity index (χ2n) is 3.16. The van der Waals surface area contributed by atoms with Gasteiger partial charge in [-0.15, -0.1) is 0 Å². The van der Waals surface area contributed by atoms with Gasteiger partial charge in [-0.2, -0.15) is 0 Å². The van der Waals surface area contributed by atoms with Crippen molar-refractivity contribution in [2.24, 2.45) is 0 Å². The predicted octanol–water partition coefficient (Wildman–Crippen LogP) is -0.190. The van der Waals surface area contributed by atoms with Gasteiger partial charge in [-0.1, -0.05) is 0 Å². The number of fused-ring (bicyclic) bond motifs is 1. The Hall–Kier alpha value is -1.14. The van der Waals surface area contributed by atoms with E-state index in [-0.39, 0.29) is 4.90 Å². The zero-order valence-electron chi connectivity index (χ0n) is 7.77. The van der Waals surface area contributed by atoms with Gasteiger partial charge in [-0.05, 0) is 6.07 Å². The summed E-state index contributed by atoms with van der Waals surface area (Å²) in [7, 11) is -1.50. The number of nitrogens with zero attached hydrogens (tertiary/aromatic N) is 2. The van der Waals surface area contributed by atoms with Crippen LogP contribution in [0.25, 0.3) is 0 Å². The van der Waals surface area contributed by atoms with E-state index in [0.29, 0.717) is 18.8 Å². The van der Waals surface area contributed by atoms with Crippen LogP contribution in [0.4, 0.5) is 5.69 Å². The first-order valence-electron chi connectivity index (χ1n) is 4.26. The van der Waals surface area contributed by atoms with Crippen molar-refractivity contribution >= 4 is 15.7 Å². The first-order valence-corrected chi connectivity index (χ1v) is 5.74. The molecule has 6 heteroatoms. The highest BCUT2D eigenvalue weighted by molar-refractivity contribution is 7.89. The highest BCUT2D eigenvalue weighted by Crippen LogP contribution is 2.24. The zero-order chi connectivity index (χ0) is 10.2. The molecule has 1 aromatic heterocycles. The fourth-order valence-corrected chi connectivity index (χ4v) is 2.66. The first-order chi connectivity index (χ1) is 6.61. The van der Waals surface area contributed by atoms with Gasteiger partial charge in [0.05, 0.1) is 5.69 Å². The topological polar surface area (TPSA) is 62.3 Å². The van der Waals surface area contributed by atoms with Gasteiger partial charge >= 0.3 is 0 Å². The molecular formula is C8H11N3O2S. The number of hydrogen-bond donors (Lipinski definition) is 1. The molecule has 0 aliphatic carbocycles. The molecule has 0 amide bonds. The molecular weight excluding hydrogens is 202 g/mol. The van der Waals surface area contributed by atoms with Crippen LogP contribution in [0.3, 0.4) is 0 Å². The van der Waals surface area contributed by atoms with Crippen LogP contribution in [0.5, 0.6) is 0 Å². The SMILES string of the molecule is CN1CCNS(=O)(=O)c2cnccc21. The molecule has 0 saturated heterocycles. The Morgan fingerprint density at radius 2 is 2.36 bits per heavy atom. The molecule has 76 valence electrons. The molecule has 0 spiro atoms. The van der Waals surface area contributed by atoms with Crippen molar-refractivity contribution in [2.45, 2.75) is 4.90 Å². The van der Waals surface area contributed by atoms with Crippen LogP contribution in [0.15, 0.2) is 23.4 Å². The van der Waals surface area contributed by atoms with Crippen molar-refractivity contribution in [1.82, 2.24) is 9.71 Å². The number of pyridine rings is 1. The Balaban J connectivity index is 2.65. The summed E-state index contributed by atoms with van der Waals surface area (Å²) in [4.78, 5) is 5.97. The smallest absolute Gasteiger partial charge is 0.244 e. The van der Waals surface area contributed by atoms with E-state index in [0.717, 1.165) is 0 Å². The average Bonchev–Trinajstić information content (AvgIpc) is 2.27. The summed E-state index contributed by atoms with van der Waals surface area (Å²) in [6, 6.07) is 1.71. The van der Waals surface area contributed by atoms with E-state index in [1.807, 2.05) is 11.9 Å². The standard InChI is InChI=1S/C8H11N3O2S/c1-11-5-4-10-14(12,13)8-6-9-3-2-7(8)11/h2-3,6,10H,4-5H2,1H3. The van der Waals surface area contributed by atoms with Crippen molar-refractivity contribution < 1.29 is 8.42 Å². The van der Waals surface area contributed by atoms with Gasteiger partial charge in [-0.3, -0.25) is 4.98 Å². The van der Waals surface area contributed by atoms with Gasteiger partial charge in [0.2, 0.25) is 10.0 Å². The minimum atomic E-state index is -3.37. The quantitative estimate of drug-likeness (QED) is 0.649. The van der Waals surface area contributed by atoms with Gasteiger partial charge < -0.3 is 4.90 Å². The number of anilines is 1. The predicted molar refractivity (Wildman–Crippen MR) is 52.7 cm³/mol. The van der Waals surface area contributed by atoms with Gasteiger partial charge in [0.15, 0.2) is 0 Å². The molecule has 0 unspecified atom stereocenters. The van der Waals surface area contributed by atoms with E-state index < -0.39 is 10.0 Å². The molecule has 2 heterocycles. The fraction of sp³-hybridized carbons (Fsp3) is 0.375. The maximum atomic E-state index is 11.7. The summed E-state index contributed by atoms with van der Waals surface area (Å²) >= 11 is 0. The molecule has 0 saturated carbocycles. The highest BCUT2D eigenvalue weighted by atomic mass is 32.2. The molecule has 0 atom stereocenters. The second-order valence-corrected chi connectivity index (χ2v) is 4.90. The van der Waals surface area contributed by atoms with E-state index in [4.69, 9.17) is 0 Å². The third-order valence-electron chi connectivity index (χ3n) is 2.20. The minimum Gasteiger partial charge on any atom is -0.372 e. The number of sulfonamides is 1.